The van der Waals surface area contributed by atoms with Crippen LogP contribution < -0.4 is 16.0 Å². The van der Waals surface area contributed by atoms with E-state index in [9.17, 15) is 4.79 Å². The molecule has 0 aliphatic carbocycles. The first-order chi connectivity index (χ1) is 10.0. The summed E-state index contributed by atoms with van der Waals surface area (Å²) in [7, 11) is 0. The molecule has 6 heteroatoms. The second-order valence-corrected chi connectivity index (χ2v) is 5.20. The number of carbonyl (C=O) groups excluding carboxylic acids is 1. The van der Waals surface area contributed by atoms with Crippen molar-refractivity contribution in [3.63, 3.8) is 0 Å². The molecule has 1 heterocycles. The summed E-state index contributed by atoms with van der Waals surface area (Å²) in [6.07, 6.45) is 2.40. The summed E-state index contributed by atoms with van der Waals surface area (Å²) >= 11 is 0. The van der Waals surface area contributed by atoms with E-state index in [-0.39, 0.29) is 11.9 Å². The lowest BCUT2D eigenvalue weighted by atomic mass is 10.2. The van der Waals surface area contributed by atoms with Gasteiger partial charge in [0, 0.05) is 37.3 Å². The highest BCUT2D eigenvalue weighted by Crippen LogP contribution is 2.09. The third kappa shape index (κ3) is 6.92. The molecule has 1 rings (SSSR count). The number of aryl methyl sites for hydroxylation is 1. The highest BCUT2D eigenvalue weighted by molar-refractivity contribution is 5.76. The summed E-state index contributed by atoms with van der Waals surface area (Å²) in [5.74, 6) is 1.44. The molecule has 1 aromatic rings. The van der Waals surface area contributed by atoms with Crippen LogP contribution >= 0.6 is 0 Å². The first-order valence-electron chi connectivity index (χ1n) is 7.68. The zero-order chi connectivity index (χ0) is 15.7. The first kappa shape index (κ1) is 17.2. The van der Waals surface area contributed by atoms with Gasteiger partial charge in [0.15, 0.2) is 0 Å². The van der Waals surface area contributed by atoms with Crippen molar-refractivity contribution in [3.8, 4) is 0 Å². The fourth-order valence-electron chi connectivity index (χ4n) is 1.73. The van der Waals surface area contributed by atoms with Crippen LogP contribution in [0.25, 0.3) is 0 Å². The van der Waals surface area contributed by atoms with E-state index in [1.165, 1.54) is 0 Å². The van der Waals surface area contributed by atoms with Crippen LogP contribution in [-0.2, 0) is 4.79 Å². The first-order valence-corrected chi connectivity index (χ1v) is 7.68. The average Bonchev–Trinajstić information content (AvgIpc) is 2.44. The lowest BCUT2D eigenvalue weighted by Gasteiger charge is -2.12. The van der Waals surface area contributed by atoms with Crippen molar-refractivity contribution >= 4 is 17.7 Å². The van der Waals surface area contributed by atoms with Gasteiger partial charge in [-0.1, -0.05) is 13.8 Å². The fraction of sp³-hybridized carbons (Fsp3) is 0.667. The second-order valence-electron chi connectivity index (χ2n) is 5.20. The van der Waals surface area contributed by atoms with Crippen molar-refractivity contribution in [3.05, 3.63) is 11.8 Å². The Morgan fingerprint density at radius 3 is 2.67 bits per heavy atom. The normalized spacial score (nSPS) is 11.8. The SMILES string of the molecule is CCCNc1nc(C)cc(NCCC(=O)NC(C)CC)n1. The number of nitrogens with zero attached hydrogens (tertiary/aromatic N) is 2. The van der Waals surface area contributed by atoms with Crippen LogP contribution in [0.5, 0.6) is 0 Å². The van der Waals surface area contributed by atoms with E-state index < -0.39 is 0 Å². The third-order valence-corrected chi connectivity index (χ3v) is 3.07. The topological polar surface area (TPSA) is 78.9 Å². The minimum atomic E-state index is 0.0620. The molecule has 0 aliphatic rings. The van der Waals surface area contributed by atoms with Crippen molar-refractivity contribution in [1.29, 1.82) is 0 Å². The molecule has 0 aromatic carbocycles. The van der Waals surface area contributed by atoms with Crippen LogP contribution in [0.1, 0.15) is 45.7 Å². The average molecular weight is 293 g/mol. The van der Waals surface area contributed by atoms with E-state index in [1.807, 2.05) is 19.9 Å². The van der Waals surface area contributed by atoms with Crippen LogP contribution in [0.3, 0.4) is 0 Å². The van der Waals surface area contributed by atoms with Gasteiger partial charge in [0.2, 0.25) is 11.9 Å². The highest BCUT2D eigenvalue weighted by Gasteiger charge is 2.06. The second kappa shape index (κ2) is 9.15. The van der Waals surface area contributed by atoms with Crippen LogP contribution in [-0.4, -0.2) is 35.0 Å². The van der Waals surface area contributed by atoms with Crippen molar-refractivity contribution < 1.29 is 4.79 Å². The predicted octanol–water partition coefficient (Wildman–Crippen LogP) is 2.32. The molecule has 3 N–H and O–H groups in total. The maximum absolute atomic E-state index is 11.7. The number of anilines is 2. The molecular formula is C15H27N5O. The Bertz CT molecular complexity index is 450. The quantitative estimate of drug-likeness (QED) is 0.651. The molecule has 1 amide bonds. The lowest BCUT2D eigenvalue weighted by Crippen LogP contribution is -2.33. The van der Waals surface area contributed by atoms with Crippen LogP contribution in [0.2, 0.25) is 0 Å². The molecule has 0 spiro atoms. The molecule has 1 unspecified atom stereocenters. The van der Waals surface area contributed by atoms with E-state index >= 15 is 0 Å². The number of aromatic nitrogens is 2. The van der Waals surface area contributed by atoms with Crippen LogP contribution in [0.15, 0.2) is 6.07 Å². The molecule has 6 nitrogen and oxygen atoms in total. The number of amides is 1. The number of nitrogens with one attached hydrogen (secondary N) is 3. The van der Waals surface area contributed by atoms with Gasteiger partial charge in [0.1, 0.15) is 5.82 Å². The summed E-state index contributed by atoms with van der Waals surface area (Å²) in [5.41, 5.74) is 0.898. The van der Waals surface area contributed by atoms with Crippen molar-refractivity contribution in [2.75, 3.05) is 23.7 Å². The maximum Gasteiger partial charge on any atom is 0.224 e. The van der Waals surface area contributed by atoms with Gasteiger partial charge < -0.3 is 16.0 Å². The highest BCUT2D eigenvalue weighted by atomic mass is 16.1. The summed E-state index contributed by atoms with van der Waals surface area (Å²) in [5, 5.41) is 9.28. The molecule has 0 bridgehead atoms. The number of hydrogen-bond donors (Lipinski definition) is 3. The summed E-state index contributed by atoms with van der Waals surface area (Å²) < 4.78 is 0. The molecular weight excluding hydrogens is 266 g/mol. The summed E-state index contributed by atoms with van der Waals surface area (Å²) in [4.78, 5) is 20.4. The summed E-state index contributed by atoms with van der Waals surface area (Å²) in [6, 6.07) is 2.10. The Hall–Kier alpha value is -1.85. The van der Waals surface area contributed by atoms with E-state index in [0.29, 0.717) is 18.9 Å². The van der Waals surface area contributed by atoms with Gasteiger partial charge in [-0.2, -0.15) is 4.98 Å². The molecule has 0 aliphatic heterocycles. The Kier molecular flexibility index (Phi) is 7.50. The van der Waals surface area contributed by atoms with Crippen LogP contribution in [0, 0.1) is 6.92 Å². The van der Waals surface area contributed by atoms with Gasteiger partial charge in [-0.25, -0.2) is 4.98 Å². The number of hydrogen-bond acceptors (Lipinski definition) is 5. The largest absolute Gasteiger partial charge is 0.369 e. The zero-order valence-corrected chi connectivity index (χ0v) is 13.5. The van der Waals surface area contributed by atoms with Gasteiger partial charge in [-0.05, 0) is 26.7 Å². The van der Waals surface area contributed by atoms with Gasteiger partial charge in [0.05, 0.1) is 0 Å². The molecule has 0 radical (unpaired) electrons. The number of rotatable bonds is 9. The maximum atomic E-state index is 11.7. The Morgan fingerprint density at radius 1 is 1.24 bits per heavy atom. The molecule has 21 heavy (non-hydrogen) atoms. The Morgan fingerprint density at radius 2 is 2.00 bits per heavy atom. The molecule has 0 saturated heterocycles. The van der Waals surface area contributed by atoms with Gasteiger partial charge >= 0.3 is 0 Å². The standard InChI is InChI=1S/C15H27N5O/c1-5-8-17-15-19-12(4)10-13(20-15)16-9-7-14(21)18-11(3)6-2/h10-11H,5-9H2,1-4H3,(H,18,21)(H2,16,17,19,20). The van der Waals surface area contributed by atoms with Crippen molar-refractivity contribution in [1.82, 2.24) is 15.3 Å². The molecule has 1 aromatic heterocycles. The van der Waals surface area contributed by atoms with E-state index in [2.05, 4.69) is 39.8 Å². The molecule has 0 saturated carbocycles. The van der Waals surface area contributed by atoms with Gasteiger partial charge in [-0.15, -0.1) is 0 Å². The van der Waals surface area contributed by atoms with Gasteiger partial charge in [-0.3, -0.25) is 4.79 Å². The van der Waals surface area contributed by atoms with E-state index in [0.717, 1.165) is 30.9 Å². The fourth-order valence-corrected chi connectivity index (χ4v) is 1.73. The molecule has 0 fully saturated rings. The third-order valence-electron chi connectivity index (χ3n) is 3.07. The summed E-state index contributed by atoms with van der Waals surface area (Å²) in [6.45, 7) is 9.49. The van der Waals surface area contributed by atoms with E-state index in [4.69, 9.17) is 0 Å². The smallest absolute Gasteiger partial charge is 0.224 e. The minimum absolute atomic E-state index is 0.0620. The number of carbonyl (C=O) groups is 1. The predicted molar refractivity (Wildman–Crippen MR) is 86.6 cm³/mol. The zero-order valence-electron chi connectivity index (χ0n) is 13.5. The monoisotopic (exact) mass is 293 g/mol. The molecule has 118 valence electrons. The Labute approximate surface area is 127 Å². The van der Waals surface area contributed by atoms with Crippen LogP contribution in [0.4, 0.5) is 11.8 Å². The molecule has 1 atom stereocenters. The Balaban J connectivity index is 2.44. The lowest BCUT2D eigenvalue weighted by molar-refractivity contribution is -0.121. The minimum Gasteiger partial charge on any atom is -0.369 e. The van der Waals surface area contributed by atoms with E-state index in [1.54, 1.807) is 0 Å². The van der Waals surface area contributed by atoms with Crippen molar-refractivity contribution in [2.45, 2.75) is 53.0 Å². The van der Waals surface area contributed by atoms with Crippen molar-refractivity contribution in [2.24, 2.45) is 0 Å². The van der Waals surface area contributed by atoms with Gasteiger partial charge in [0.25, 0.3) is 0 Å².